The Hall–Kier alpha value is -2.31. The van der Waals surface area contributed by atoms with Gasteiger partial charge in [-0.05, 0) is 31.2 Å². The second-order valence-corrected chi connectivity index (χ2v) is 4.07. The Labute approximate surface area is 106 Å². The molecule has 18 heavy (non-hydrogen) atoms. The van der Waals surface area contributed by atoms with E-state index in [0.29, 0.717) is 11.3 Å². The number of ether oxygens (including phenoxy) is 1. The van der Waals surface area contributed by atoms with Crippen molar-refractivity contribution < 1.29 is 4.74 Å². The molecule has 0 aliphatic carbocycles. The summed E-state index contributed by atoms with van der Waals surface area (Å²) in [6.45, 7) is 1.91. The molecule has 2 aromatic rings. The van der Waals surface area contributed by atoms with Crippen molar-refractivity contribution in [1.29, 1.82) is 5.26 Å². The standard InChI is InChI=1S/C15H14N2O/c1-11(17)14-7-2-3-8-15(14)18-13-6-4-5-12(9-13)10-16/h2-9,11H,17H2,1H3/t11-/m0/s1. The van der Waals surface area contributed by atoms with E-state index in [1.165, 1.54) is 0 Å². The zero-order valence-corrected chi connectivity index (χ0v) is 10.1. The number of nitrogens with zero attached hydrogens (tertiary/aromatic N) is 1. The molecule has 0 amide bonds. The van der Waals surface area contributed by atoms with Crippen molar-refractivity contribution in [2.24, 2.45) is 5.73 Å². The Morgan fingerprint density at radius 1 is 1.17 bits per heavy atom. The number of hydrogen-bond acceptors (Lipinski definition) is 3. The first-order valence-corrected chi connectivity index (χ1v) is 5.73. The second kappa shape index (κ2) is 5.35. The zero-order chi connectivity index (χ0) is 13.0. The summed E-state index contributed by atoms with van der Waals surface area (Å²) in [5, 5.41) is 8.85. The van der Waals surface area contributed by atoms with Gasteiger partial charge in [-0.15, -0.1) is 0 Å². The fourth-order valence-electron chi connectivity index (χ4n) is 1.71. The summed E-state index contributed by atoms with van der Waals surface area (Å²) in [7, 11) is 0. The topological polar surface area (TPSA) is 59.0 Å². The van der Waals surface area contributed by atoms with Crippen LogP contribution in [0.2, 0.25) is 0 Å². The summed E-state index contributed by atoms with van der Waals surface area (Å²) in [5.41, 5.74) is 7.41. The Kier molecular flexibility index (Phi) is 3.61. The van der Waals surface area contributed by atoms with Crippen LogP contribution in [0.3, 0.4) is 0 Å². The van der Waals surface area contributed by atoms with Crippen LogP contribution in [0.15, 0.2) is 48.5 Å². The number of nitriles is 1. The lowest BCUT2D eigenvalue weighted by Gasteiger charge is -2.13. The van der Waals surface area contributed by atoms with Gasteiger partial charge in [-0.3, -0.25) is 0 Å². The summed E-state index contributed by atoms with van der Waals surface area (Å²) < 4.78 is 5.78. The third-order valence-corrected chi connectivity index (χ3v) is 2.60. The molecule has 90 valence electrons. The van der Waals surface area contributed by atoms with Crippen LogP contribution in [0.1, 0.15) is 24.1 Å². The lowest BCUT2D eigenvalue weighted by molar-refractivity contribution is 0.472. The molecule has 0 aliphatic rings. The van der Waals surface area contributed by atoms with E-state index in [1.54, 1.807) is 18.2 Å². The second-order valence-electron chi connectivity index (χ2n) is 4.07. The van der Waals surface area contributed by atoms with Gasteiger partial charge in [0.25, 0.3) is 0 Å². The van der Waals surface area contributed by atoms with Crippen molar-refractivity contribution in [2.45, 2.75) is 13.0 Å². The summed E-state index contributed by atoms with van der Waals surface area (Å²) >= 11 is 0. The molecule has 0 heterocycles. The van der Waals surface area contributed by atoms with E-state index in [0.717, 1.165) is 11.3 Å². The zero-order valence-electron chi connectivity index (χ0n) is 10.1. The summed E-state index contributed by atoms with van der Waals surface area (Å²) in [6.07, 6.45) is 0. The monoisotopic (exact) mass is 238 g/mol. The molecule has 0 saturated heterocycles. The van der Waals surface area contributed by atoms with Crippen molar-refractivity contribution in [2.75, 3.05) is 0 Å². The Morgan fingerprint density at radius 3 is 2.67 bits per heavy atom. The minimum absolute atomic E-state index is 0.0969. The average molecular weight is 238 g/mol. The Bertz CT molecular complexity index is 585. The van der Waals surface area contributed by atoms with Gasteiger partial charge in [0.15, 0.2) is 0 Å². The lowest BCUT2D eigenvalue weighted by Crippen LogP contribution is -2.06. The van der Waals surface area contributed by atoms with Gasteiger partial charge >= 0.3 is 0 Å². The first-order chi connectivity index (χ1) is 8.70. The minimum atomic E-state index is -0.0969. The highest BCUT2D eigenvalue weighted by Crippen LogP contribution is 2.28. The maximum Gasteiger partial charge on any atom is 0.132 e. The van der Waals surface area contributed by atoms with E-state index in [-0.39, 0.29) is 6.04 Å². The Balaban J connectivity index is 2.31. The maximum absolute atomic E-state index is 8.85. The minimum Gasteiger partial charge on any atom is -0.457 e. The molecule has 2 rings (SSSR count). The van der Waals surface area contributed by atoms with Gasteiger partial charge in [0, 0.05) is 11.6 Å². The highest BCUT2D eigenvalue weighted by Gasteiger charge is 2.08. The highest BCUT2D eigenvalue weighted by molar-refractivity contribution is 5.42. The lowest BCUT2D eigenvalue weighted by atomic mass is 10.1. The van der Waals surface area contributed by atoms with E-state index in [9.17, 15) is 0 Å². The van der Waals surface area contributed by atoms with E-state index < -0.39 is 0 Å². The third-order valence-electron chi connectivity index (χ3n) is 2.60. The summed E-state index contributed by atoms with van der Waals surface area (Å²) in [5.74, 6) is 1.37. The van der Waals surface area contributed by atoms with Crippen LogP contribution in [-0.4, -0.2) is 0 Å². The SMILES string of the molecule is C[C@H](N)c1ccccc1Oc1cccc(C#N)c1. The van der Waals surface area contributed by atoms with Crippen LogP contribution in [-0.2, 0) is 0 Å². The molecule has 0 bridgehead atoms. The van der Waals surface area contributed by atoms with E-state index >= 15 is 0 Å². The molecule has 0 unspecified atom stereocenters. The van der Waals surface area contributed by atoms with E-state index in [4.69, 9.17) is 15.7 Å². The van der Waals surface area contributed by atoms with Crippen LogP contribution < -0.4 is 10.5 Å². The molecule has 0 fully saturated rings. The number of benzene rings is 2. The normalized spacial score (nSPS) is 11.6. The molecule has 2 aromatic carbocycles. The fraction of sp³-hybridized carbons (Fsp3) is 0.133. The number of nitrogens with two attached hydrogens (primary N) is 1. The van der Waals surface area contributed by atoms with Crippen molar-refractivity contribution in [1.82, 2.24) is 0 Å². The molecule has 0 radical (unpaired) electrons. The molecule has 3 heteroatoms. The number of rotatable bonds is 3. The van der Waals surface area contributed by atoms with Crippen LogP contribution in [0, 0.1) is 11.3 Å². The van der Waals surface area contributed by atoms with Crippen molar-refractivity contribution in [3.05, 3.63) is 59.7 Å². The van der Waals surface area contributed by atoms with Crippen LogP contribution in [0.5, 0.6) is 11.5 Å². The quantitative estimate of drug-likeness (QED) is 0.891. The molecular formula is C15H14N2O. The van der Waals surface area contributed by atoms with Gasteiger partial charge in [-0.1, -0.05) is 24.3 Å². The van der Waals surface area contributed by atoms with Crippen LogP contribution in [0.4, 0.5) is 0 Å². The van der Waals surface area contributed by atoms with Gasteiger partial charge in [-0.2, -0.15) is 5.26 Å². The van der Waals surface area contributed by atoms with Crippen LogP contribution >= 0.6 is 0 Å². The molecule has 0 aromatic heterocycles. The predicted octanol–water partition coefficient (Wildman–Crippen LogP) is 3.37. The van der Waals surface area contributed by atoms with Gasteiger partial charge in [0.1, 0.15) is 11.5 Å². The van der Waals surface area contributed by atoms with Gasteiger partial charge in [-0.25, -0.2) is 0 Å². The van der Waals surface area contributed by atoms with E-state index in [1.807, 2.05) is 37.3 Å². The molecule has 2 N–H and O–H groups in total. The van der Waals surface area contributed by atoms with Crippen molar-refractivity contribution >= 4 is 0 Å². The maximum atomic E-state index is 8.85. The van der Waals surface area contributed by atoms with Gasteiger partial charge in [0.05, 0.1) is 11.6 Å². The van der Waals surface area contributed by atoms with Crippen molar-refractivity contribution in [3.8, 4) is 17.6 Å². The average Bonchev–Trinajstić information content (AvgIpc) is 2.39. The largest absolute Gasteiger partial charge is 0.457 e. The molecule has 3 nitrogen and oxygen atoms in total. The molecule has 0 saturated carbocycles. The Morgan fingerprint density at radius 2 is 1.94 bits per heavy atom. The first kappa shape index (κ1) is 12.2. The smallest absolute Gasteiger partial charge is 0.132 e. The number of hydrogen-bond donors (Lipinski definition) is 1. The highest BCUT2D eigenvalue weighted by atomic mass is 16.5. The molecular weight excluding hydrogens is 224 g/mol. The molecule has 1 atom stereocenters. The molecule has 0 aliphatic heterocycles. The van der Waals surface area contributed by atoms with Gasteiger partial charge < -0.3 is 10.5 Å². The molecule has 0 spiro atoms. The first-order valence-electron chi connectivity index (χ1n) is 5.73. The van der Waals surface area contributed by atoms with Gasteiger partial charge in [0.2, 0.25) is 0 Å². The predicted molar refractivity (Wildman–Crippen MR) is 70.3 cm³/mol. The fourth-order valence-corrected chi connectivity index (χ4v) is 1.71. The summed E-state index contributed by atoms with van der Waals surface area (Å²) in [4.78, 5) is 0. The summed E-state index contributed by atoms with van der Waals surface area (Å²) in [6, 6.07) is 16.7. The number of para-hydroxylation sites is 1. The third kappa shape index (κ3) is 2.68. The van der Waals surface area contributed by atoms with E-state index in [2.05, 4.69) is 6.07 Å². The van der Waals surface area contributed by atoms with Crippen molar-refractivity contribution in [3.63, 3.8) is 0 Å². The van der Waals surface area contributed by atoms with Crippen LogP contribution in [0.25, 0.3) is 0 Å².